The molecule has 0 aliphatic carbocycles. The number of amides is 3. The van der Waals surface area contributed by atoms with Crippen LogP contribution in [0.1, 0.15) is 51.0 Å². The van der Waals surface area contributed by atoms with Crippen molar-refractivity contribution in [2.75, 3.05) is 5.32 Å². The van der Waals surface area contributed by atoms with E-state index in [-0.39, 0.29) is 25.3 Å². The minimum absolute atomic E-state index is 0.000458. The molecular formula is C24H27FN4O4S. The molecule has 2 aromatic heterocycles. The van der Waals surface area contributed by atoms with Crippen molar-refractivity contribution in [1.82, 2.24) is 15.2 Å². The van der Waals surface area contributed by atoms with Gasteiger partial charge in [0, 0.05) is 30.0 Å². The predicted molar refractivity (Wildman–Crippen MR) is 126 cm³/mol. The summed E-state index contributed by atoms with van der Waals surface area (Å²) in [6, 6.07) is 7.74. The van der Waals surface area contributed by atoms with Crippen molar-refractivity contribution >= 4 is 34.2 Å². The highest BCUT2D eigenvalue weighted by Gasteiger charge is 2.34. The largest absolute Gasteiger partial charge is 0.467 e. The van der Waals surface area contributed by atoms with Gasteiger partial charge in [0.1, 0.15) is 17.6 Å². The molecule has 10 heteroatoms. The standard InChI is InChI=1S/C24H27FN4O4S/c1-24(2,3)28-22(32)21(16-6-8-17(25)9-7-16)29(15-18-5-4-13-33-18)20(31)11-10-19(30)27-23-26-12-14-34-23/h4-9,12-14,21H,10-11,15H2,1-3H3,(H,28,32)(H,26,27,30)/t21-/m0/s1. The minimum Gasteiger partial charge on any atom is -0.467 e. The summed E-state index contributed by atoms with van der Waals surface area (Å²) in [4.78, 5) is 44.4. The van der Waals surface area contributed by atoms with E-state index in [1.54, 1.807) is 23.7 Å². The maximum Gasteiger partial charge on any atom is 0.247 e. The number of carbonyl (C=O) groups excluding carboxylic acids is 3. The second-order valence-corrected chi connectivity index (χ2v) is 9.57. The number of aromatic nitrogens is 1. The van der Waals surface area contributed by atoms with Crippen LogP contribution < -0.4 is 10.6 Å². The fourth-order valence-corrected chi connectivity index (χ4v) is 3.83. The van der Waals surface area contributed by atoms with Crippen LogP contribution in [-0.4, -0.2) is 33.1 Å². The Labute approximate surface area is 201 Å². The van der Waals surface area contributed by atoms with Crippen LogP contribution in [0, 0.1) is 5.82 Å². The number of furan rings is 1. The number of carbonyl (C=O) groups is 3. The lowest BCUT2D eigenvalue weighted by Crippen LogP contribution is -2.49. The van der Waals surface area contributed by atoms with E-state index in [1.165, 1.54) is 46.8 Å². The molecule has 0 aliphatic heterocycles. The lowest BCUT2D eigenvalue weighted by atomic mass is 10.0. The highest BCUT2D eigenvalue weighted by molar-refractivity contribution is 7.13. The molecule has 3 amide bonds. The van der Waals surface area contributed by atoms with Crippen molar-refractivity contribution in [2.45, 2.75) is 51.7 Å². The number of thiazole rings is 1. The van der Waals surface area contributed by atoms with Gasteiger partial charge in [-0.2, -0.15) is 0 Å². The summed E-state index contributed by atoms with van der Waals surface area (Å²) in [6.07, 6.45) is 2.81. The van der Waals surface area contributed by atoms with E-state index in [4.69, 9.17) is 4.42 Å². The lowest BCUT2D eigenvalue weighted by Gasteiger charge is -2.33. The van der Waals surface area contributed by atoms with Crippen molar-refractivity contribution < 1.29 is 23.2 Å². The minimum atomic E-state index is -1.06. The Morgan fingerprint density at radius 2 is 1.88 bits per heavy atom. The van der Waals surface area contributed by atoms with Gasteiger partial charge in [0.05, 0.1) is 12.8 Å². The predicted octanol–water partition coefficient (Wildman–Crippen LogP) is 4.28. The quantitative estimate of drug-likeness (QED) is 0.470. The molecule has 0 radical (unpaired) electrons. The van der Waals surface area contributed by atoms with E-state index in [2.05, 4.69) is 15.6 Å². The number of anilines is 1. The van der Waals surface area contributed by atoms with Gasteiger partial charge in [-0.25, -0.2) is 9.37 Å². The first kappa shape index (κ1) is 25.1. The number of hydrogen-bond donors (Lipinski definition) is 2. The SMILES string of the molecule is CC(C)(C)NC(=O)[C@H](c1ccc(F)cc1)N(Cc1ccco1)C(=O)CCC(=O)Nc1nccs1. The van der Waals surface area contributed by atoms with Crippen LogP contribution in [0.2, 0.25) is 0 Å². The van der Waals surface area contributed by atoms with E-state index in [0.29, 0.717) is 16.5 Å². The summed E-state index contributed by atoms with van der Waals surface area (Å²) in [6.45, 7) is 5.48. The molecule has 1 aromatic carbocycles. The average molecular weight is 487 g/mol. The normalized spacial score (nSPS) is 12.1. The molecule has 8 nitrogen and oxygen atoms in total. The molecule has 2 N–H and O–H groups in total. The second-order valence-electron chi connectivity index (χ2n) is 8.68. The Morgan fingerprint density at radius 1 is 1.15 bits per heavy atom. The Hall–Kier alpha value is -3.53. The number of rotatable bonds is 9. The van der Waals surface area contributed by atoms with Crippen molar-refractivity contribution in [3.05, 3.63) is 71.4 Å². The first-order valence-corrected chi connectivity index (χ1v) is 11.6. The zero-order valence-corrected chi connectivity index (χ0v) is 20.0. The van der Waals surface area contributed by atoms with Gasteiger partial charge in [0.25, 0.3) is 0 Å². The van der Waals surface area contributed by atoms with Crippen LogP contribution in [0.5, 0.6) is 0 Å². The fourth-order valence-electron chi connectivity index (χ4n) is 3.28. The molecule has 34 heavy (non-hydrogen) atoms. The zero-order chi connectivity index (χ0) is 24.7. The molecule has 0 bridgehead atoms. The van der Waals surface area contributed by atoms with Crippen molar-refractivity contribution in [1.29, 1.82) is 0 Å². The van der Waals surface area contributed by atoms with Crippen LogP contribution in [-0.2, 0) is 20.9 Å². The Morgan fingerprint density at radius 3 is 2.47 bits per heavy atom. The summed E-state index contributed by atoms with van der Waals surface area (Å²) < 4.78 is 19.0. The smallest absolute Gasteiger partial charge is 0.247 e. The first-order valence-electron chi connectivity index (χ1n) is 10.7. The van der Waals surface area contributed by atoms with Gasteiger partial charge in [0.15, 0.2) is 5.13 Å². The molecule has 0 spiro atoms. The second kappa shape index (κ2) is 11.1. The third-order valence-corrected chi connectivity index (χ3v) is 5.40. The lowest BCUT2D eigenvalue weighted by molar-refractivity contribution is -0.143. The van der Waals surface area contributed by atoms with E-state index < -0.39 is 29.2 Å². The van der Waals surface area contributed by atoms with Crippen LogP contribution in [0.25, 0.3) is 0 Å². The summed E-state index contributed by atoms with van der Waals surface area (Å²) in [7, 11) is 0. The number of halogens is 1. The van der Waals surface area contributed by atoms with Gasteiger partial charge in [-0.05, 0) is 50.6 Å². The third kappa shape index (κ3) is 7.24. The van der Waals surface area contributed by atoms with Gasteiger partial charge >= 0.3 is 0 Å². The Balaban J connectivity index is 1.87. The monoisotopic (exact) mass is 486 g/mol. The summed E-state index contributed by atoms with van der Waals surface area (Å²) in [5.74, 6) is -1.20. The fraction of sp³-hybridized carbons (Fsp3) is 0.333. The number of nitrogens with one attached hydrogen (secondary N) is 2. The third-order valence-electron chi connectivity index (χ3n) is 4.72. The molecule has 2 heterocycles. The number of benzene rings is 1. The van der Waals surface area contributed by atoms with Gasteiger partial charge < -0.3 is 20.0 Å². The Bertz CT molecular complexity index is 1090. The number of hydrogen-bond acceptors (Lipinski definition) is 6. The molecule has 0 saturated carbocycles. The summed E-state index contributed by atoms with van der Waals surface area (Å²) in [5, 5.41) is 7.71. The highest BCUT2D eigenvalue weighted by Crippen LogP contribution is 2.26. The van der Waals surface area contributed by atoms with Gasteiger partial charge in [-0.15, -0.1) is 11.3 Å². The molecule has 0 saturated heterocycles. The van der Waals surface area contributed by atoms with Crippen molar-refractivity contribution in [3.63, 3.8) is 0 Å². The molecule has 1 atom stereocenters. The summed E-state index contributed by atoms with van der Waals surface area (Å²) in [5.41, 5.74) is -0.127. The van der Waals surface area contributed by atoms with E-state index >= 15 is 0 Å². The summed E-state index contributed by atoms with van der Waals surface area (Å²) >= 11 is 1.27. The number of nitrogens with zero attached hydrogens (tertiary/aromatic N) is 2. The average Bonchev–Trinajstić information content (AvgIpc) is 3.46. The van der Waals surface area contributed by atoms with Crippen LogP contribution >= 0.6 is 11.3 Å². The zero-order valence-electron chi connectivity index (χ0n) is 19.2. The maximum atomic E-state index is 13.6. The van der Waals surface area contributed by atoms with Crippen molar-refractivity contribution in [2.24, 2.45) is 0 Å². The van der Waals surface area contributed by atoms with E-state index in [0.717, 1.165) is 0 Å². The van der Waals surface area contributed by atoms with Crippen LogP contribution in [0.4, 0.5) is 9.52 Å². The first-order chi connectivity index (χ1) is 16.1. The molecular weight excluding hydrogens is 459 g/mol. The molecule has 0 aliphatic rings. The maximum absolute atomic E-state index is 13.6. The highest BCUT2D eigenvalue weighted by atomic mass is 32.1. The Kier molecular flexibility index (Phi) is 8.17. The molecule has 3 aromatic rings. The molecule has 3 rings (SSSR count). The molecule has 0 unspecified atom stereocenters. The van der Waals surface area contributed by atoms with Crippen molar-refractivity contribution in [3.8, 4) is 0 Å². The molecule has 180 valence electrons. The molecule has 0 fully saturated rings. The van der Waals surface area contributed by atoms with Gasteiger partial charge in [0.2, 0.25) is 17.7 Å². The van der Waals surface area contributed by atoms with Crippen LogP contribution in [0.3, 0.4) is 0 Å². The van der Waals surface area contributed by atoms with E-state index in [9.17, 15) is 18.8 Å². The topological polar surface area (TPSA) is 105 Å². The van der Waals surface area contributed by atoms with Crippen LogP contribution in [0.15, 0.2) is 58.7 Å². The van der Waals surface area contributed by atoms with E-state index in [1.807, 2.05) is 20.8 Å². The van der Waals surface area contributed by atoms with Gasteiger partial charge in [-0.1, -0.05) is 12.1 Å². The van der Waals surface area contributed by atoms with Gasteiger partial charge in [-0.3, -0.25) is 14.4 Å².